The molecule has 0 bridgehead atoms. The zero-order chi connectivity index (χ0) is 20.0. The monoisotopic (exact) mass is 396 g/mol. The Kier molecular flexibility index (Phi) is 5.08. The molecule has 1 fully saturated rings. The lowest BCUT2D eigenvalue weighted by molar-refractivity contribution is -0.134. The van der Waals surface area contributed by atoms with Gasteiger partial charge in [-0.1, -0.05) is 17.8 Å². The van der Waals surface area contributed by atoms with Crippen LogP contribution in [-0.4, -0.2) is 43.2 Å². The fraction of sp³-hybridized carbons (Fsp3) is 0.500. The normalized spacial score (nSPS) is 20.2. The van der Waals surface area contributed by atoms with Crippen LogP contribution < -0.4 is 0 Å². The number of thioether (sulfide) groups is 1. The van der Waals surface area contributed by atoms with E-state index in [2.05, 4.69) is 72.3 Å². The average Bonchev–Trinajstić information content (AvgIpc) is 3.06. The Bertz CT molecular complexity index is 1050. The molecule has 148 valence electrons. The minimum absolute atomic E-state index is 0.200. The molecule has 4 rings (SSSR count). The second kappa shape index (κ2) is 7.39. The Balaban J connectivity index is 1.69. The summed E-state index contributed by atoms with van der Waals surface area (Å²) in [5.74, 6) is 0.598. The molecule has 0 spiro atoms. The Morgan fingerprint density at radius 2 is 1.79 bits per heavy atom. The molecule has 0 N–H and O–H groups in total. The molecule has 2 unspecified atom stereocenters. The zero-order valence-electron chi connectivity index (χ0n) is 17.3. The number of carbonyl (C=O) groups is 1. The fourth-order valence-corrected chi connectivity index (χ4v) is 5.37. The molecule has 0 saturated carbocycles. The first-order chi connectivity index (χ1) is 13.4. The molecule has 3 aromatic rings. The first kappa shape index (κ1) is 19.2. The van der Waals surface area contributed by atoms with Gasteiger partial charge in [0, 0.05) is 17.5 Å². The van der Waals surface area contributed by atoms with E-state index in [1.165, 1.54) is 34.7 Å². The van der Waals surface area contributed by atoms with Crippen LogP contribution in [0.2, 0.25) is 0 Å². The van der Waals surface area contributed by atoms with Crippen LogP contribution in [-0.2, 0) is 4.79 Å². The van der Waals surface area contributed by atoms with E-state index >= 15 is 0 Å². The summed E-state index contributed by atoms with van der Waals surface area (Å²) in [6.45, 7) is 10.6. The molecular formula is C22H28N4OS. The lowest BCUT2D eigenvalue weighted by Gasteiger charge is -2.39. The maximum Gasteiger partial charge on any atom is 0.233 e. The highest BCUT2D eigenvalue weighted by atomic mass is 32.2. The first-order valence-corrected chi connectivity index (χ1v) is 11.0. The summed E-state index contributed by atoms with van der Waals surface area (Å²) in [6.07, 6.45) is 3.39. The van der Waals surface area contributed by atoms with Crippen molar-refractivity contribution in [1.82, 2.24) is 19.5 Å². The molecule has 1 aliphatic rings. The molecule has 2 aromatic heterocycles. The molecule has 2 atom stereocenters. The van der Waals surface area contributed by atoms with Crippen LogP contribution in [0.5, 0.6) is 0 Å². The Morgan fingerprint density at radius 1 is 1.07 bits per heavy atom. The summed E-state index contributed by atoms with van der Waals surface area (Å²) in [6, 6.07) is 7.21. The molecule has 6 heteroatoms. The van der Waals surface area contributed by atoms with Crippen LogP contribution in [0.3, 0.4) is 0 Å². The minimum Gasteiger partial charge on any atom is -0.337 e. The summed E-state index contributed by atoms with van der Waals surface area (Å²) in [5, 5.41) is 10.8. The highest BCUT2D eigenvalue weighted by Crippen LogP contribution is 2.29. The second-order valence-corrected chi connectivity index (χ2v) is 9.14. The quantitative estimate of drug-likeness (QED) is 0.603. The summed E-state index contributed by atoms with van der Waals surface area (Å²) >= 11 is 1.50. The van der Waals surface area contributed by atoms with Gasteiger partial charge in [-0.2, -0.15) is 0 Å². The predicted molar refractivity (Wildman–Crippen MR) is 115 cm³/mol. The van der Waals surface area contributed by atoms with Crippen LogP contribution in [0, 0.1) is 20.8 Å². The lowest BCUT2D eigenvalue weighted by Crippen LogP contribution is -2.48. The van der Waals surface area contributed by atoms with Gasteiger partial charge in [-0.3, -0.25) is 9.20 Å². The third-order valence-corrected chi connectivity index (χ3v) is 6.82. The number of hydrogen-bond donors (Lipinski definition) is 0. The van der Waals surface area contributed by atoms with Crippen LogP contribution in [0.1, 0.15) is 49.8 Å². The van der Waals surface area contributed by atoms with Gasteiger partial charge in [-0.25, -0.2) is 0 Å². The molecule has 1 saturated heterocycles. The van der Waals surface area contributed by atoms with Crippen molar-refractivity contribution >= 4 is 34.2 Å². The van der Waals surface area contributed by atoms with Crippen LogP contribution in [0.4, 0.5) is 0 Å². The number of carbonyl (C=O) groups excluding carboxylic acids is 1. The van der Waals surface area contributed by atoms with Crippen LogP contribution in [0.25, 0.3) is 16.6 Å². The Morgan fingerprint density at radius 3 is 2.50 bits per heavy atom. The number of pyridine rings is 1. The second-order valence-electron chi connectivity index (χ2n) is 8.20. The predicted octanol–water partition coefficient (Wildman–Crippen LogP) is 4.69. The highest BCUT2D eigenvalue weighted by Gasteiger charge is 2.29. The van der Waals surface area contributed by atoms with Crippen molar-refractivity contribution in [1.29, 1.82) is 0 Å². The number of piperidine rings is 1. The summed E-state index contributed by atoms with van der Waals surface area (Å²) in [4.78, 5) is 15.0. The third kappa shape index (κ3) is 3.28. The molecule has 1 aliphatic heterocycles. The van der Waals surface area contributed by atoms with Gasteiger partial charge in [0.25, 0.3) is 0 Å². The maximum atomic E-state index is 12.9. The van der Waals surface area contributed by atoms with Gasteiger partial charge in [0.2, 0.25) is 5.91 Å². The third-order valence-electron chi connectivity index (χ3n) is 5.90. The van der Waals surface area contributed by atoms with Crippen molar-refractivity contribution in [2.24, 2.45) is 0 Å². The molecule has 3 heterocycles. The molecular weight excluding hydrogens is 368 g/mol. The fourth-order valence-electron chi connectivity index (χ4n) is 4.56. The SMILES string of the molecule is Cc1cc(C)c2cc(C)c3nnc(SCC(=O)N4C(C)CCCC4C)n3c2c1. The molecule has 1 amide bonds. The van der Waals surface area contributed by atoms with E-state index in [1.807, 2.05) is 0 Å². The first-order valence-electron chi connectivity index (χ1n) is 10.1. The van der Waals surface area contributed by atoms with Crippen molar-refractivity contribution in [2.45, 2.75) is 71.1 Å². The van der Waals surface area contributed by atoms with E-state index in [4.69, 9.17) is 0 Å². The summed E-state index contributed by atoms with van der Waals surface area (Å²) < 4.78 is 2.12. The van der Waals surface area contributed by atoms with E-state index in [0.717, 1.165) is 34.7 Å². The van der Waals surface area contributed by atoms with Gasteiger partial charge >= 0.3 is 0 Å². The van der Waals surface area contributed by atoms with E-state index in [-0.39, 0.29) is 5.91 Å². The molecule has 5 nitrogen and oxygen atoms in total. The zero-order valence-corrected chi connectivity index (χ0v) is 18.1. The van der Waals surface area contributed by atoms with Gasteiger partial charge in [-0.15, -0.1) is 10.2 Å². The smallest absolute Gasteiger partial charge is 0.233 e. The van der Waals surface area contributed by atoms with E-state index in [0.29, 0.717) is 17.8 Å². The number of hydrogen-bond acceptors (Lipinski definition) is 4. The number of rotatable bonds is 3. The van der Waals surface area contributed by atoms with E-state index in [9.17, 15) is 4.79 Å². The van der Waals surface area contributed by atoms with Gasteiger partial charge in [0.05, 0.1) is 11.3 Å². The number of likely N-dealkylation sites (tertiary alicyclic amines) is 1. The van der Waals surface area contributed by atoms with Gasteiger partial charge in [0.1, 0.15) is 0 Å². The number of nitrogens with zero attached hydrogens (tertiary/aromatic N) is 4. The van der Waals surface area contributed by atoms with Crippen molar-refractivity contribution < 1.29 is 4.79 Å². The molecule has 0 aliphatic carbocycles. The van der Waals surface area contributed by atoms with Crippen molar-refractivity contribution in [3.63, 3.8) is 0 Å². The number of amides is 1. The summed E-state index contributed by atoms with van der Waals surface area (Å²) in [7, 11) is 0. The van der Waals surface area contributed by atoms with E-state index in [1.54, 1.807) is 0 Å². The molecule has 0 radical (unpaired) electrons. The number of fused-ring (bicyclic) bond motifs is 3. The van der Waals surface area contributed by atoms with Gasteiger partial charge < -0.3 is 4.90 Å². The molecule has 28 heavy (non-hydrogen) atoms. The van der Waals surface area contributed by atoms with Gasteiger partial charge in [0.15, 0.2) is 10.8 Å². The van der Waals surface area contributed by atoms with Crippen LogP contribution >= 0.6 is 11.8 Å². The molecule has 1 aromatic carbocycles. The van der Waals surface area contributed by atoms with Gasteiger partial charge in [-0.05, 0) is 82.7 Å². The van der Waals surface area contributed by atoms with Crippen molar-refractivity contribution in [3.05, 3.63) is 34.9 Å². The van der Waals surface area contributed by atoms with Crippen molar-refractivity contribution in [2.75, 3.05) is 5.75 Å². The number of aryl methyl sites for hydroxylation is 3. The van der Waals surface area contributed by atoms with Crippen LogP contribution in [0.15, 0.2) is 23.4 Å². The summed E-state index contributed by atoms with van der Waals surface area (Å²) in [5.41, 5.74) is 5.54. The average molecular weight is 397 g/mol. The topological polar surface area (TPSA) is 50.5 Å². The highest BCUT2D eigenvalue weighted by molar-refractivity contribution is 7.99. The maximum absolute atomic E-state index is 12.9. The largest absolute Gasteiger partial charge is 0.337 e. The van der Waals surface area contributed by atoms with Crippen molar-refractivity contribution in [3.8, 4) is 0 Å². The Hall–Kier alpha value is -2.08. The number of benzene rings is 1. The van der Waals surface area contributed by atoms with E-state index < -0.39 is 0 Å². The minimum atomic E-state index is 0.200. The lowest BCUT2D eigenvalue weighted by atomic mass is 9.98. The standard InChI is InChI=1S/C22H28N4OS/c1-13-9-14(2)18-11-15(3)21-23-24-22(26(21)19(18)10-13)28-12-20(27)25-16(4)7-6-8-17(25)5/h9-11,16-17H,6-8,12H2,1-5H3. The Labute approximate surface area is 170 Å². The number of aromatic nitrogens is 3.